The number of aromatic nitrogens is 3. The van der Waals surface area contributed by atoms with E-state index in [0.717, 1.165) is 11.3 Å². The molecular weight excluding hydrogens is 362 g/mol. The molecule has 0 spiro atoms. The second kappa shape index (κ2) is 7.79. The molecule has 0 saturated heterocycles. The zero-order valence-electron chi connectivity index (χ0n) is 15.6. The molecule has 3 rings (SSSR count). The van der Waals surface area contributed by atoms with Crippen LogP contribution in [0.15, 0.2) is 59.8 Å². The predicted octanol–water partition coefficient (Wildman–Crippen LogP) is 2.95. The number of anilines is 2. The predicted molar refractivity (Wildman–Crippen MR) is 106 cm³/mol. The minimum absolute atomic E-state index is 0.163. The average molecular weight is 385 g/mol. The van der Waals surface area contributed by atoms with Crippen molar-refractivity contribution in [3.05, 3.63) is 66.1 Å². The van der Waals surface area contributed by atoms with Crippen LogP contribution in [0.5, 0.6) is 0 Å². The number of hydrogen-bond donors (Lipinski definition) is 1. The number of para-hydroxylation sites is 1. The molecule has 27 heavy (non-hydrogen) atoms. The van der Waals surface area contributed by atoms with Crippen molar-refractivity contribution in [1.82, 2.24) is 14.8 Å². The fourth-order valence-electron chi connectivity index (χ4n) is 2.75. The van der Waals surface area contributed by atoms with Crippen LogP contribution >= 0.6 is 0 Å². The number of rotatable bonds is 7. The minimum Gasteiger partial charge on any atom is -0.366 e. The Balaban J connectivity index is 1.76. The van der Waals surface area contributed by atoms with E-state index in [1.54, 1.807) is 30.5 Å². The average Bonchev–Trinajstić information content (AvgIpc) is 3.00. The molecule has 2 heterocycles. The molecule has 0 atom stereocenters. The molecule has 0 fully saturated rings. The third kappa shape index (κ3) is 3.95. The van der Waals surface area contributed by atoms with Gasteiger partial charge < -0.3 is 5.32 Å². The highest BCUT2D eigenvalue weighted by molar-refractivity contribution is 7.92. The maximum atomic E-state index is 13.0. The van der Waals surface area contributed by atoms with Gasteiger partial charge in [0, 0.05) is 37.6 Å². The summed E-state index contributed by atoms with van der Waals surface area (Å²) < 4.78 is 29.1. The molecule has 0 unspecified atom stereocenters. The normalized spacial score (nSPS) is 11.4. The van der Waals surface area contributed by atoms with E-state index in [9.17, 15) is 8.42 Å². The van der Waals surface area contributed by atoms with Crippen LogP contribution in [-0.2, 0) is 23.6 Å². The highest BCUT2D eigenvalue weighted by Crippen LogP contribution is 2.23. The lowest BCUT2D eigenvalue weighted by molar-refractivity contribution is 0.591. The second-order valence-corrected chi connectivity index (χ2v) is 7.98. The van der Waals surface area contributed by atoms with Gasteiger partial charge in [-0.1, -0.05) is 18.2 Å². The third-order valence-corrected chi connectivity index (χ3v) is 6.34. The molecular formula is C19H23N5O2S. The number of aryl methyl sites for hydroxylation is 1. The van der Waals surface area contributed by atoms with Gasteiger partial charge in [0.1, 0.15) is 10.7 Å². The van der Waals surface area contributed by atoms with Crippen molar-refractivity contribution in [2.24, 2.45) is 7.05 Å². The Morgan fingerprint density at radius 3 is 2.41 bits per heavy atom. The van der Waals surface area contributed by atoms with Crippen molar-refractivity contribution in [2.45, 2.75) is 25.3 Å². The molecule has 1 aromatic carbocycles. The van der Waals surface area contributed by atoms with Gasteiger partial charge >= 0.3 is 0 Å². The van der Waals surface area contributed by atoms with Crippen molar-refractivity contribution in [3.8, 4) is 0 Å². The highest BCUT2D eigenvalue weighted by Gasteiger charge is 2.23. The Bertz CT molecular complexity index is 998. The summed E-state index contributed by atoms with van der Waals surface area (Å²) >= 11 is 0. The summed E-state index contributed by atoms with van der Waals surface area (Å²) in [6.07, 6.45) is 3.19. The van der Waals surface area contributed by atoms with Crippen LogP contribution in [0.2, 0.25) is 0 Å². The number of nitrogens with one attached hydrogen (secondary N) is 1. The Labute approximate surface area is 159 Å². The van der Waals surface area contributed by atoms with Crippen LogP contribution in [0.4, 0.5) is 11.5 Å². The van der Waals surface area contributed by atoms with Gasteiger partial charge in [0.2, 0.25) is 0 Å². The molecule has 0 saturated carbocycles. The fourth-order valence-corrected chi connectivity index (χ4v) is 4.17. The molecule has 8 heteroatoms. The van der Waals surface area contributed by atoms with Gasteiger partial charge in [-0.05, 0) is 38.1 Å². The molecule has 3 aromatic rings. The Morgan fingerprint density at radius 2 is 1.85 bits per heavy atom. The van der Waals surface area contributed by atoms with E-state index in [0.29, 0.717) is 24.6 Å². The van der Waals surface area contributed by atoms with Crippen LogP contribution < -0.4 is 9.62 Å². The lowest BCUT2D eigenvalue weighted by atomic mass is 10.2. The van der Waals surface area contributed by atoms with Crippen LogP contribution in [0.1, 0.15) is 18.2 Å². The number of benzene rings is 1. The first-order valence-corrected chi connectivity index (χ1v) is 10.1. The number of pyridine rings is 1. The van der Waals surface area contributed by atoms with E-state index in [1.807, 2.05) is 43.8 Å². The van der Waals surface area contributed by atoms with Gasteiger partial charge in [0.25, 0.3) is 10.0 Å². The molecule has 142 valence electrons. The van der Waals surface area contributed by atoms with Gasteiger partial charge in [0.05, 0.1) is 11.9 Å². The largest absolute Gasteiger partial charge is 0.366 e. The number of hydrogen-bond acceptors (Lipinski definition) is 5. The van der Waals surface area contributed by atoms with Crippen LogP contribution in [0.3, 0.4) is 0 Å². The Hall–Kier alpha value is -2.87. The maximum Gasteiger partial charge on any atom is 0.265 e. The summed E-state index contributed by atoms with van der Waals surface area (Å²) in [6.45, 7) is 4.72. The van der Waals surface area contributed by atoms with Crippen LogP contribution in [0.25, 0.3) is 0 Å². The van der Waals surface area contributed by atoms with Crippen molar-refractivity contribution >= 4 is 21.5 Å². The number of sulfonamides is 1. The molecule has 0 radical (unpaired) electrons. The summed E-state index contributed by atoms with van der Waals surface area (Å²) in [7, 11) is -1.77. The van der Waals surface area contributed by atoms with Gasteiger partial charge in [-0.3, -0.25) is 8.99 Å². The fraction of sp³-hybridized carbons (Fsp3) is 0.263. The van der Waals surface area contributed by atoms with Crippen molar-refractivity contribution in [1.29, 1.82) is 0 Å². The summed E-state index contributed by atoms with van der Waals surface area (Å²) in [6, 6.07) is 12.3. The van der Waals surface area contributed by atoms with E-state index in [-0.39, 0.29) is 4.90 Å². The van der Waals surface area contributed by atoms with Crippen molar-refractivity contribution in [2.75, 3.05) is 16.2 Å². The van der Waals surface area contributed by atoms with Crippen LogP contribution in [0, 0.1) is 6.92 Å². The van der Waals surface area contributed by atoms with E-state index in [2.05, 4.69) is 15.4 Å². The number of nitrogens with zero attached hydrogens (tertiary/aromatic N) is 4. The van der Waals surface area contributed by atoms with Crippen molar-refractivity contribution < 1.29 is 8.42 Å². The van der Waals surface area contributed by atoms with Gasteiger partial charge in [-0.25, -0.2) is 13.4 Å². The summed E-state index contributed by atoms with van der Waals surface area (Å²) in [5, 5.41) is 7.40. The molecule has 0 aliphatic heterocycles. The lowest BCUT2D eigenvalue weighted by Crippen LogP contribution is -2.30. The van der Waals surface area contributed by atoms with E-state index in [4.69, 9.17) is 0 Å². The quantitative estimate of drug-likeness (QED) is 0.676. The molecule has 7 nitrogen and oxygen atoms in total. The zero-order valence-corrected chi connectivity index (χ0v) is 16.4. The zero-order chi connectivity index (χ0) is 19.4. The summed E-state index contributed by atoms with van der Waals surface area (Å²) in [4.78, 5) is 4.43. The van der Waals surface area contributed by atoms with Crippen molar-refractivity contribution in [3.63, 3.8) is 0 Å². The first-order valence-electron chi connectivity index (χ1n) is 8.68. The standard InChI is InChI=1S/C19H23N5O2S/c1-4-24(17-8-6-5-7-9-17)27(25,26)18-10-11-19(21-14-18)20-12-16-13-22-23(3)15(16)2/h5-11,13-14H,4,12H2,1-3H3,(H,20,21). The first kappa shape index (κ1) is 18.9. The van der Waals surface area contributed by atoms with Gasteiger partial charge in [-0.15, -0.1) is 0 Å². The summed E-state index contributed by atoms with van der Waals surface area (Å²) in [5.41, 5.74) is 2.77. The molecule has 0 aliphatic carbocycles. The highest BCUT2D eigenvalue weighted by atomic mass is 32.2. The SMILES string of the molecule is CCN(c1ccccc1)S(=O)(=O)c1ccc(NCc2cnn(C)c2C)nc1. The van der Waals surface area contributed by atoms with Crippen LogP contribution in [-0.4, -0.2) is 29.7 Å². The monoisotopic (exact) mass is 385 g/mol. The lowest BCUT2D eigenvalue weighted by Gasteiger charge is -2.22. The maximum absolute atomic E-state index is 13.0. The smallest absolute Gasteiger partial charge is 0.265 e. The second-order valence-electron chi connectivity index (χ2n) is 6.12. The molecule has 0 aliphatic rings. The minimum atomic E-state index is -3.66. The first-order chi connectivity index (χ1) is 12.9. The van der Waals surface area contributed by atoms with E-state index in [1.165, 1.54) is 10.5 Å². The Kier molecular flexibility index (Phi) is 5.46. The van der Waals surface area contributed by atoms with E-state index >= 15 is 0 Å². The Morgan fingerprint density at radius 1 is 1.11 bits per heavy atom. The van der Waals surface area contributed by atoms with Gasteiger partial charge in [0.15, 0.2) is 0 Å². The molecule has 2 aromatic heterocycles. The van der Waals surface area contributed by atoms with Gasteiger partial charge in [-0.2, -0.15) is 5.10 Å². The summed E-state index contributed by atoms with van der Waals surface area (Å²) in [5.74, 6) is 0.611. The molecule has 1 N–H and O–H groups in total. The molecule has 0 amide bonds. The van der Waals surface area contributed by atoms with E-state index < -0.39 is 10.0 Å². The third-order valence-electron chi connectivity index (χ3n) is 4.45. The molecule has 0 bridgehead atoms. The topological polar surface area (TPSA) is 80.1 Å².